The molecule has 0 unspecified atom stereocenters. The van der Waals surface area contributed by atoms with Gasteiger partial charge in [0.2, 0.25) is 0 Å². The van der Waals surface area contributed by atoms with Crippen LogP contribution in [0, 0.1) is 3.57 Å². The fourth-order valence-corrected chi connectivity index (χ4v) is 3.81. The minimum atomic E-state index is -0.145. The number of ketones is 1. The molecule has 0 saturated carbocycles. The summed E-state index contributed by atoms with van der Waals surface area (Å²) >= 11 is 3.45. The van der Waals surface area contributed by atoms with E-state index >= 15 is 0 Å². The van der Waals surface area contributed by atoms with Gasteiger partial charge in [-0.25, -0.2) is 4.98 Å². The third-order valence-electron chi connectivity index (χ3n) is 3.87. The molecule has 1 aromatic heterocycles. The number of aromatic nitrogens is 2. The number of rotatable bonds is 7. The number of para-hydroxylation sites is 1. The summed E-state index contributed by atoms with van der Waals surface area (Å²) in [5.74, 6) is 0.187. The van der Waals surface area contributed by atoms with Gasteiger partial charge < -0.3 is 5.11 Å². The van der Waals surface area contributed by atoms with Crippen LogP contribution in [0.15, 0.2) is 58.5 Å². The Morgan fingerprint density at radius 3 is 2.62 bits per heavy atom. The van der Waals surface area contributed by atoms with Gasteiger partial charge in [0.15, 0.2) is 10.9 Å². The maximum absolute atomic E-state index is 12.7. The van der Waals surface area contributed by atoms with E-state index in [1.165, 1.54) is 11.8 Å². The number of nitrogens with zero attached hydrogens (tertiary/aromatic N) is 2. The van der Waals surface area contributed by atoms with Gasteiger partial charge >= 0.3 is 0 Å². The van der Waals surface area contributed by atoms with E-state index in [4.69, 9.17) is 5.11 Å². The molecule has 1 N–H and O–H groups in total. The smallest absolute Gasteiger partial charge is 0.262 e. The fraction of sp³-hybridized carbons (Fsp3) is 0.211. The number of Topliss-reactive ketones (excluding diaryl/α,β-unsaturated/α-hetero) is 1. The molecule has 0 aliphatic heterocycles. The van der Waals surface area contributed by atoms with Crippen molar-refractivity contribution in [2.45, 2.75) is 18.1 Å². The molecule has 0 bridgehead atoms. The van der Waals surface area contributed by atoms with E-state index in [0.29, 0.717) is 34.6 Å². The van der Waals surface area contributed by atoms with Crippen LogP contribution in [0.3, 0.4) is 0 Å². The first-order valence-electron chi connectivity index (χ1n) is 8.12. The minimum absolute atomic E-state index is 0.00897. The molecule has 7 heteroatoms. The summed E-state index contributed by atoms with van der Waals surface area (Å²) in [4.78, 5) is 29.7. The highest BCUT2D eigenvalue weighted by molar-refractivity contribution is 14.1. The Morgan fingerprint density at radius 2 is 1.88 bits per heavy atom. The number of aliphatic hydroxyl groups excluding tert-OH is 1. The van der Waals surface area contributed by atoms with Crippen LogP contribution in [0.2, 0.25) is 0 Å². The zero-order chi connectivity index (χ0) is 18.5. The van der Waals surface area contributed by atoms with Crippen molar-refractivity contribution < 1.29 is 9.90 Å². The number of thioether (sulfide) groups is 1. The highest BCUT2D eigenvalue weighted by atomic mass is 127. The average molecular weight is 480 g/mol. The number of fused-ring (bicyclic) bond motifs is 1. The molecule has 2 aromatic carbocycles. The Hall–Kier alpha value is -1.71. The van der Waals surface area contributed by atoms with Crippen LogP contribution in [0.25, 0.3) is 10.9 Å². The number of hydrogen-bond acceptors (Lipinski definition) is 5. The second-order valence-electron chi connectivity index (χ2n) is 5.66. The molecule has 3 rings (SSSR count). The van der Waals surface area contributed by atoms with Crippen LogP contribution < -0.4 is 5.56 Å². The van der Waals surface area contributed by atoms with Crippen LogP contribution in [0.4, 0.5) is 0 Å². The maximum Gasteiger partial charge on any atom is 0.262 e. The average Bonchev–Trinajstić information content (AvgIpc) is 2.66. The van der Waals surface area contributed by atoms with Crippen molar-refractivity contribution in [1.29, 1.82) is 0 Å². The van der Waals surface area contributed by atoms with Crippen molar-refractivity contribution in [2.24, 2.45) is 0 Å². The first kappa shape index (κ1) is 19.1. The van der Waals surface area contributed by atoms with Gasteiger partial charge in [-0.2, -0.15) is 0 Å². The van der Waals surface area contributed by atoms with E-state index in [9.17, 15) is 9.59 Å². The van der Waals surface area contributed by atoms with Crippen LogP contribution in [-0.2, 0) is 6.54 Å². The summed E-state index contributed by atoms with van der Waals surface area (Å²) in [6.07, 6.45) is 0.457. The second kappa shape index (κ2) is 8.79. The SMILES string of the molecule is O=C(CSc1nc2ccccc2c(=O)n1CCCO)c1ccc(I)cc1. The van der Waals surface area contributed by atoms with Crippen molar-refractivity contribution in [3.8, 4) is 0 Å². The van der Waals surface area contributed by atoms with Gasteiger partial charge in [-0.05, 0) is 53.3 Å². The molecular weight excluding hydrogens is 463 g/mol. The Labute approximate surface area is 168 Å². The minimum Gasteiger partial charge on any atom is -0.396 e. The first-order chi connectivity index (χ1) is 12.6. The molecule has 0 spiro atoms. The third-order valence-corrected chi connectivity index (χ3v) is 5.56. The lowest BCUT2D eigenvalue weighted by atomic mass is 10.2. The number of benzene rings is 2. The highest BCUT2D eigenvalue weighted by Gasteiger charge is 2.14. The Balaban J connectivity index is 1.89. The largest absolute Gasteiger partial charge is 0.396 e. The zero-order valence-corrected chi connectivity index (χ0v) is 16.9. The molecule has 5 nitrogen and oxygen atoms in total. The Kier molecular flexibility index (Phi) is 6.44. The van der Waals surface area contributed by atoms with E-state index in [1.54, 1.807) is 34.9 Å². The monoisotopic (exact) mass is 480 g/mol. The molecule has 0 radical (unpaired) electrons. The van der Waals surface area contributed by atoms with Crippen molar-refractivity contribution >= 4 is 51.0 Å². The summed E-state index contributed by atoms with van der Waals surface area (Å²) < 4.78 is 2.62. The van der Waals surface area contributed by atoms with Gasteiger partial charge in [-0.3, -0.25) is 14.2 Å². The summed E-state index contributed by atoms with van der Waals surface area (Å²) in [5.41, 5.74) is 1.11. The Bertz CT molecular complexity index is 986. The van der Waals surface area contributed by atoms with Gasteiger partial charge in [0, 0.05) is 22.3 Å². The maximum atomic E-state index is 12.7. The standard InChI is InChI=1S/C19H17IN2O3S/c20-14-8-6-13(7-9-14)17(24)12-26-19-21-16-5-2-1-4-15(16)18(25)22(19)10-3-11-23/h1-2,4-9,23H,3,10-12H2. The van der Waals surface area contributed by atoms with Gasteiger partial charge in [0.25, 0.3) is 5.56 Å². The Morgan fingerprint density at radius 1 is 1.15 bits per heavy atom. The molecule has 0 aliphatic carbocycles. The van der Waals surface area contributed by atoms with Crippen molar-refractivity contribution in [3.05, 3.63) is 68.0 Å². The normalized spacial score (nSPS) is 11.0. The highest BCUT2D eigenvalue weighted by Crippen LogP contribution is 2.20. The lowest BCUT2D eigenvalue weighted by molar-refractivity contribution is 0.102. The lowest BCUT2D eigenvalue weighted by Gasteiger charge is -2.12. The van der Waals surface area contributed by atoms with Crippen LogP contribution in [0.5, 0.6) is 0 Å². The van der Waals surface area contributed by atoms with Crippen LogP contribution in [0.1, 0.15) is 16.8 Å². The number of carbonyl (C=O) groups is 1. The molecule has 26 heavy (non-hydrogen) atoms. The van der Waals surface area contributed by atoms with Crippen LogP contribution >= 0.6 is 34.4 Å². The van der Waals surface area contributed by atoms with E-state index in [2.05, 4.69) is 27.6 Å². The fourth-order valence-electron chi connectivity index (χ4n) is 2.53. The molecule has 0 amide bonds. The summed E-state index contributed by atoms with van der Waals surface area (Å²) in [7, 11) is 0. The molecule has 134 valence electrons. The topological polar surface area (TPSA) is 72.2 Å². The molecule has 0 saturated heterocycles. The quantitative estimate of drug-likeness (QED) is 0.243. The van der Waals surface area contributed by atoms with Gasteiger partial charge in [0.1, 0.15) is 0 Å². The number of hydrogen-bond donors (Lipinski definition) is 1. The summed E-state index contributed by atoms with van der Waals surface area (Å²) in [6, 6.07) is 14.6. The van der Waals surface area contributed by atoms with Crippen molar-refractivity contribution in [3.63, 3.8) is 0 Å². The molecule has 3 aromatic rings. The number of aliphatic hydroxyl groups is 1. The van der Waals surface area contributed by atoms with Gasteiger partial charge in [-0.15, -0.1) is 0 Å². The molecular formula is C19H17IN2O3S. The van der Waals surface area contributed by atoms with Crippen molar-refractivity contribution in [2.75, 3.05) is 12.4 Å². The molecule has 0 fully saturated rings. The summed E-state index contributed by atoms with van der Waals surface area (Å²) in [6.45, 7) is 0.359. The number of carbonyl (C=O) groups excluding carboxylic acids is 1. The van der Waals surface area contributed by atoms with E-state index in [0.717, 1.165) is 3.57 Å². The predicted molar refractivity (Wildman–Crippen MR) is 112 cm³/mol. The van der Waals surface area contributed by atoms with E-state index in [1.807, 2.05) is 18.2 Å². The third kappa shape index (κ3) is 4.33. The van der Waals surface area contributed by atoms with Gasteiger partial charge in [-0.1, -0.05) is 36.0 Å². The summed E-state index contributed by atoms with van der Waals surface area (Å²) in [5, 5.41) is 10.2. The lowest BCUT2D eigenvalue weighted by Crippen LogP contribution is -2.24. The first-order valence-corrected chi connectivity index (χ1v) is 10.2. The van der Waals surface area contributed by atoms with E-state index in [-0.39, 0.29) is 23.7 Å². The zero-order valence-electron chi connectivity index (χ0n) is 13.9. The predicted octanol–water partition coefficient (Wildman–Crippen LogP) is 3.36. The molecule has 0 aliphatic rings. The van der Waals surface area contributed by atoms with E-state index < -0.39 is 0 Å². The van der Waals surface area contributed by atoms with Crippen molar-refractivity contribution in [1.82, 2.24) is 9.55 Å². The van der Waals surface area contributed by atoms with Gasteiger partial charge in [0.05, 0.1) is 16.7 Å². The van der Waals surface area contributed by atoms with Crippen LogP contribution in [-0.4, -0.2) is 32.8 Å². The molecule has 0 atom stereocenters. The number of halogens is 1. The molecule has 1 heterocycles. The second-order valence-corrected chi connectivity index (χ2v) is 7.85.